The SMILES string of the molecule is COc1cc([N+](=O)[O-])c(Br)c2c1OC1(C=C2)N(C)c2c(ccc(Cl)c2C)C1(C)C. The van der Waals surface area contributed by atoms with Crippen LogP contribution in [0, 0.1) is 17.0 Å². The van der Waals surface area contributed by atoms with E-state index in [0.717, 1.165) is 16.8 Å². The summed E-state index contributed by atoms with van der Waals surface area (Å²) in [6, 6.07) is 5.32. The fourth-order valence-electron chi connectivity index (χ4n) is 4.45. The Morgan fingerprint density at radius 3 is 2.66 bits per heavy atom. The number of hydrogen-bond donors (Lipinski definition) is 0. The molecule has 0 fully saturated rings. The number of methoxy groups -OCH3 is 1. The van der Waals surface area contributed by atoms with Gasteiger partial charge in [-0.05, 0) is 66.0 Å². The van der Waals surface area contributed by atoms with Crippen molar-refractivity contribution in [3.8, 4) is 11.5 Å². The highest BCUT2D eigenvalue weighted by Gasteiger charge is 2.58. The first-order valence-corrected chi connectivity index (χ1v) is 10.2. The highest BCUT2D eigenvalue weighted by Crippen LogP contribution is 2.58. The number of nitro groups is 1. The van der Waals surface area contributed by atoms with E-state index in [1.54, 1.807) is 0 Å². The summed E-state index contributed by atoms with van der Waals surface area (Å²) in [5.74, 6) is 0.775. The zero-order valence-corrected chi connectivity index (χ0v) is 19.0. The van der Waals surface area contributed by atoms with Gasteiger partial charge >= 0.3 is 0 Å². The minimum absolute atomic E-state index is 0.0743. The van der Waals surface area contributed by atoms with Gasteiger partial charge in [-0.25, -0.2) is 0 Å². The van der Waals surface area contributed by atoms with Crippen LogP contribution >= 0.6 is 27.5 Å². The van der Waals surface area contributed by atoms with Gasteiger partial charge < -0.3 is 14.4 Å². The molecule has 0 saturated heterocycles. The lowest BCUT2D eigenvalue weighted by Gasteiger charge is -2.46. The van der Waals surface area contributed by atoms with Crippen LogP contribution in [-0.4, -0.2) is 24.8 Å². The number of rotatable bonds is 2. The van der Waals surface area contributed by atoms with E-state index in [1.807, 2.05) is 38.3 Å². The Balaban J connectivity index is 1.95. The molecule has 0 aromatic heterocycles. The maximum atomic E-state index is 11.4. The van der Waals surface area contributed by atoms with Crippen molar-refractivity contribution in [1.82, 2.24) is 0 Å². The second-order valence-corrected chi connectivity index (χ2v) is 9.00. The van der Waals surface area contributed by atoms with E-state index in [0.29, 0.717) is 26.6 Å². The molecule has 0 N–H and O–H groups in total. The molecule has 2 aliphatic rings. The molecule has 6 nitrogen and oxygen atoms in total. The van der Waals surface area contributed by atoms with E-state index in [1.165, 1.54) is 13.2 Å². The van der Waals surface area contributed by atoms with Gasteiger partial charge in [0.2, 0.25) is 5.72 Å². The van der Waals surface area contributed by atoms with Gasteiger partial charge in [-0.2, -0.15) is 0 Å². The predicted octanol–water partition coefficient (Wildman–Crippen LogP) is 5.86. The van der Waals surface area contributed by atoms with Crippen molar-refractivity contribution in [2.45, 2.75) is 31.9 Å². The Hall–Kier alpha value is -2.25. The summed E-state index contributed by atoms with van der Waals surface area (Å²) in [7, 11) is 3.45. The van der Waals surface area contributed by atoms with Gasteiger partial charge in [0, 0.05) is 23.3 Å². The van der Waals surface area contributed by atoms with Crippen molar-refractivity contribution >= 4 is 45.0 Å². The zero-order chi connectivity index (χ0) is 21.3. The van der Waals surface area contributed by atoms with Crippen LogP contribution in [0.2, 0.25) is 5.02 Å². The highest BCUT2D eigenvalue weighted by molar-refractivity contribution is 9.10. The predicted molar refractivity (Wildman–Crippen MR) is 117 cm³/mol. The molecule has 2 heterocycles. The van der Waals surface area contributed by atoms with E-state index in [2.05, 4.69) is 34.7 Å². The zero-order valence-electron chi connectivity index (χ0n) is 16.7. The number of likely N-dealkylation sites (N-methyl/N-ethyl adjacent to an activating group) is 1. The summed E-state index contributed by atoms with van der Waals surface area (Å²) in [5.41, 5.74) is 2.36. The molecule has 1 spiro atoms. The Morgan fingerprint density at radius 2 is 2.03 bits per heavy atom. The molecule has 0 radical (unpaired) electrons. The van der Waals surface area contributed by atoms with Crippen molar-refractivity contribution in [2.75, 3.05) is 19.1 Å². The number of ether oxygens (including phenoxy) is 2. The summed E-state index contributed by atoms with van der Waals surface area (Å²) >= 11 is 9.76. The van der Waals surface area contributed by atoms with Gasteiger partial charge in [0.15, 0.2) is 11.5 Å². The molecule has 152 valence electrons. The number of nitro benzene ring substituents is 1. The first kappa shape index (κ1) is 20.0. The maximum Gasteiger partial charge on any atom is 0.288 e. The topological polar surface area (TPSA) is 64.8 Å². The van der Waals surface area contributed by atoms with Gasteiger partial charge in [0.25, 0.3) is 5.69 Å². The second kappa shape index (κ2) is 6.37. The Labute approximate surface area is 182 Å². The molecule has 8 heteroatoms. The number of benzene rings is 2. The third-order valence-corrected chi connectivity index (χ3v) is 7.36. The molecule has 2 aromatic rings. The lowest BCUT2D eigenvalue weighted by atomic mass is 9.76. The first-order chi connectivity index (χ1) is 13.6. The largest absolute Gasteiger partial charge is 0.493 e. The molecule has 0 bridgehead atoms. The fourth-order valence-corrected chi connectivity index (χ4v) is 5.18. The van der Waals surface area contributed by atoms with Crippen LogP contribution in [0.5, 0.6) is 11.5 Å². The summed E-state index contributed by atoms with van der Waals surface area (Å²) in [6.45, 7) is 6.23. The number of fused-ring (bicyclic) bond motifs is 2. The minimum atomic E-state index is -0.847. The molecule has 2 aliphatic heterocycles. The van der Waals surface area contributed by atoms with Gasteiger partial charge in [-0.15, -0.1) is 0 Å². The Kier molecular flexibility index (Phi) is 4.40. The van der Waals surface area contributed by atoms with Crippen molar-refractivity contribution in [1.29, 1.82) is 0 Å². The smallest absolute Gasteiger partial charge is 0.288 e. The summed E-state index contributed by atoms with van der Waals surface area (Å²) in [5, 5.41) is 12.1. The lowest BCUT2D eigenvalue weighted by Crippen LogP contribution is -2.58. The van der Waals surface area contributed by atoms with Crippen LogP contribution in [0.25, 0.3) is 6.08 Å². The fraction of sp³-hybridized carbons (Fsp3) is 0.333. The standard InChI is InChI=1S/C21H20BrClN2O4/c1-11-14(23)7-6-13-18(11)24(4)21(20(13,2)3)9-8-12-17(22)15(25(26)27)10-16(28-5)19(12)29-21/h6-10H,1-5H3. The average Bonchev–Trinajstić information content (AvgIpc) is 2.83. The second-order valence-electron chi connectivity index (χ2n) is 7.80. The molecule has 4 rings (SSSR count). The van der Waals surface area contributed by atoms with E-state index in [-0.39, 0.29) is 5.69 Å². The lowest BCUT2D eigenvalue weighted by molar-refractivity contribution is -0.385. The first-order valence-electron chi connectivity index (χ1n) is 9.03. The van der Waals surface area contributed by atoms with Gasteiger partial charge in [-0.1, -0.05) is 17.7 Å². The van der Waals surface area contributed by atoms with Gasteiger partial charge in [0.05, 0.1) is 23.5 Å². The quantitative estimate of drug-likeness (QED) is 0.399. The minimum Gasteiger partial charge on any atom is -0.493 e. The maximum absolute atomic E-state index is 11.4. The number of nitrogens with zero attached hydrogens (tertiary/aromatic N) is 2. The van der Waals surface area contributed by atoms with Gasteiger partial charge in [0.1, 0.15) is 4.47 Å². The molecule has 1 atom stereocenters. The van der Waals surface area contributed by atoms with Crippen molar-refractivity contribution in [2.24, 2.45) is 0 Å². The number of halogens is 2. The molecule has 29 heavy (non-hydrogen) atoms. The highest BCUT2D eigenvalue weighted by atomic mass is 79.9. The van der Waals surface area contributed by atoms with E-state index in [4.69, 9.17) is 21.1 Å². The molecular formula is C21H20BrClN2O4. The van der Waals surface area contributed by atoms with E-state index < -0.39 is 16.1 Å². The average molecular weight is 480 g/mol. The Bertz CT molecular complexity index is 1100. The summed E-state index contributed by atoms with van der Waals surface area (Å²) < 4.78 is 12.5. The Morgan fingerprint density at radius 1 is 1.34 bits per heavy atom. The van der Waals surface area contributed by atoms with Gasteiger partial charge in [-0.3, -0.25) is 10.1 Å². The van der Waals surface area contributed by atoms with Crippen molar-refractivity contribution < 1.29 is 14.4 Å². The van der Waals surface area contributed by atoms with Crippen LogP contribution < -0.4 is 14.4 Å². The van der Waals surface area contributed by atoms with Crippen LogP contribution in [-0.2, 0) is 5.41 Å². The number of anilines is 1. The van der Waals surface area contributed by atoms with E-state index >= 15 is 0 Å². The third-order valence-electron chi connectivity index (χ3n) is 6.12. The van der Waals surface area contributed by atoms with Crippen molar-refractivity contribution in [3.05, 3.63) is 60.6 Å². The van der Waals surface area contributed by atoms with E-state index in [9.17, 15) is 10.1 Å². The molecular weight excluding hydrogens is 460 g/mol. The van der Waals surface area contributed by atoms with Crippen molar-refractivity contribution in [3.63, 3.8) is 0 Å². The molecule has 0 saturated carbocycles. The third kappa shape index (κ3) is 2.47. The normalized spacial score (nSPS) is 21.0. The summed E-state index contributed by atoms with van der Waals surface area (Å²) in [4.78, 5) is 13.1. The molecule has 0 amide bonds. The van der Waals surface area contributed by atoms with Crippen LogP contribution in [0.3, 0.4) is 0 Å². The monoisotopic (exact) mass is 478 g/mol. The van der Waals surface area contributed by atoms with Crippen LogP contribution in [0.15, 0.2) is 28.7 Å². The number of hydrogen-bond acceptors (Lipinski definition) is 5. The molecule has 2 aromatic carbocycles. The van der Waals surface area contributed by atoms with Crippen LogP contribution in [0.1, 0.15) is 30.5 Å². The molecule has 0 aliphatic carbocycles. The van der Waals surface area contributed by atoms with Crippen LogP contribution in [0.4, 0.5) is 11.4 Å². The molecule has 1 unspecified atom stereocenters. The summed E-state index contributed by atoms with van der Waals surface area (Å²) in [6.07, 6.45) is 3.82.